The molecule has 4 amide bonds. The molecule has 7 saturated heterocycles. The molecule has 12 aliphatic rings. The first-order chi connectivity index (χ1) is 67.1. The maximum absolute atomic E-state index is 15.2. The summed E-state index contributed by atoms with van der Waals surface area (Å²) in [5.41, 5.74) is 14.5. The van der Waals surface area contributed by atoms with Gasteiger partial charge in [0.2, 0.25) is 23.6 Å². The van der Waals surface area contributed by atoms with Crippen LogP contribution in [0.3, 0.4) is 0 Å². The fraction of sp³-hybridized carbons (Fsp3) is 0.418. The van der Waals surface area contributed by atoms with Gasteiger partial charge in [0, 0.05) is 170 Å². The summed E-state index contributed by atoms with van der Waals surface area (Å²) in [7, 11) is 7.36. The van der Waals surface area contributed by atoms with Crippen molar-refractivity contribution in [1.29, 1.82) is 0 Å². The fourth-order valence-corrected chi connectivity index (χ4v) is 25.7. The Morgan fingerprint density at radius 1 is 0.377 bits per heavy atom. The quantitative estimate of drug-likeness (QED) is 0.0900. The van der Waals surface area contributed by atoms with E-state index in [9.17, 15) is 23.6 Å². The number of rotatable bonds is 16. The molecule has 6 unspecified atom stereocenters. The number of nitrogens with one attached hydrogen (secondary N) is 1. The normalized spacial score (nSPS) is 23.2. The summed E-state index contributed by atoms with van der Waals surface area (Å²) >= 11 is 2.04. The standard InChI is InChI=1S/C29H32F2N4O.C27H30FN5O.C27H29FN4O2.C27H29FN4OS/c1-33-18-22(17-32-33)20-10-11-21(25(31)16-20)19-35-26-8-4-2-6-23(26)29(28(35)36)12-14-34(15-13-29)27-9-5-3-7-24(27)30;1-31-17-21(15-30-31)19-6-7-20(24(28)14-19)18-33-25-5-3-2-4-23(25)27(26(33)34)9-12-32(13-10-27)22-8-11-29-16-22;1-30-15-21(14-29-30)19-8-9-20(24(28)13-19)16-32-25-7-3-2-6-23(25)27(26(32)33)10-11-31(18-27)22-5-4-12-34-17-22;1-30-16-21(15-29-30)19-6-7-20(24(28)14-19)17-32-25-5-3-2-4-23(25)27(26(32)33)9-11-31(12-10-27)22-8-13-34-18-22/h2,4,6,8,10-11,16-18,24,27H,3,5,7,9,12-15,19H2,1H3;2-7,14-15,17,22,29H,8-13,16,18H2,1H3;2-3,6-9,13-15,22H,4-5,10-12,16-18H2,1H3;2-7,14-16,22H,8-13,17-18H2,1H3. The Labute approximate surface area is 807 Å². The summed E-state index contributed by atoms with van der Waals surface area (Å²) < 4.78 is 87.9. The van der Waals surface area contributed by atoms with E-state index in [0.29, 0.717) is 79.3 Å². The second kappa shape index (κ2) is 38.8. The van der Waals surface area contributed by atoms with Crippen molar-refractivity contribution in [2.45, 2.75) is 174 Å². The zero-order valence-electron chi connectivity index (χ0n) is 79.0. The molecule has 1 aliphatic carbocycles. The number of amides is 4. The Kier molecular flexibility index (Phi) is 26.0. The molecule has 1 saturated carbocycles. The maximum Gasteiger partial charge on any atom is 0.239 e. The second-order valence-corrected chi connectivity index (χ2v) is 41.2. The molecule has 4 spiro atoms. The first kappa shape index (κ1) is 92.6. The number of carbonyl (C=O) groups is 4. The molecular formula is C110H120F5N17O5S. The lowest BCUT2D eigenvalue weighted by Crippen LogP contribution is -2.53. The number of hydrogen-bond donors (Lipinski definition) is 1. The summed E-state index contributed by atoms with van der Waals surface area (Å²) in [5, 5.41) is 20.1. The summed E-state index contributed by atoms with van der Waals surface area (Å²) in [4.78, 5) is 72.8. The number of ether oxygens (including phenoxy) is 1. The van der Waals surface area contributed by atoms with Crippen LogP contribution in [0.4, 0.5) is 44.7 Å². The number of aromatic nitrogens is 8. The monoisotopic (exact) mass is 1890 g/mol. The number of anilines is 4. The number of benzene rings is 8. The molecule has 6 atom stereocenters. The van der Waals surface area contributed by atoms with Crippen molar-refractivity contribution in [2.75, 3.05) is 110 Å². The summed E-state index contributed by atoms with van der Waals surface area (Å²) in [6.45, 7) is 11.4. The number of thioether (sulfide) groups is 1. The number of piperidine rings is 3. The Morgan fingerprint density at radius 2 is 0.725 bits per heavy atom. The molecular weight excluding hydrogens is 1770 g/mol. The van der Waals surface area contributed by atoms with E-state index in [0.717, 1.165) is 213 Å². The van der Waals surface area contributed by atoms with Crippen molar-refractivity contribution in [1.82, 2.24) is 64.0 Å². The number of fused-ring (bicyclic) bond motifs is 8. The average Bonchev–Trinajstić information content (AvgIpc) is 1.56. The number of para-hydroxylation sites is 4. The first-order valence-electron chi connectivity index (χ1n) is 49.3. The number of alkyl halides is 1. The van der Waals surface area contributed by atoms with Crippen LogP contribution in [0, 0.1) is 23.3 Å². The third kappa shape index (κ3) is 17.5. The molecule has 22 nitrogen and oxygen atoms in total. The van der Waals surface area contributed by atoms with Gasteiger partial charge in [0.15, 0.2) is 0 Å². The molecule has 12 aromatic rings. The minimum Gasteiger partial charge on any atom is -0.380 e. The van der Waals surface area contributed by atoms with E-state index in [4.69, 9.17) is 4.74 Å². The molecule has 4 aromatic heterocycles. The van der Waals surface area contributed by atoms with Crippen LogP contribution < -0.4 is 24.9 Å². The molecule has 0 bridgehead atoms. The molecule has 8 aromatic carbocycles. The molecule has 15 heterocycles. The summed E-state index contributed by atoms with van der Waals surface area (Å²) in [6, 6.07) is 54.7. The zero-order valence-corrected chi connectivity index (χ0v) is 79.8. The van der Waals surface area contributed by atoms with Crippen LogP contribution in [0.5, 0.6) is 0 Å². The predicted molar refractivity (Wildman–Crippen MR) is 528 cm³/mol. The van der Waals surface area contributed by atoms with Crippen LogP contribution in [0.25, 0.3) is 44.5 Å². The van der Waals surface area contributed by atoms with E-state index < -0.39 is 27.8 Å². The highest BCUT2D eigenvalue weighted by atomic mass is 32.2. The zero-order chi connectivity index (χ0) is 94.7. The molecule has 11 aliphatic heterocycles. The van der Waals surface area contributed by atoms with Gasteiger partial charge in [0.05, 0.1) is 79.2 Å². The number of halogens is 5. The highest BCUT2D eigenvalue weighted by molar-refractivity contribution is 7.99. The molecule has 8 fully saturated rings. The molecule has 1 N–H and O–H groups in total. The largest absolute Gasteiger partial charge is 0.380 e. The molecule has 24 rings (SSSR count). The van der Waals surface area contributed by atoms with Gasteiger partial charge >= 0.3 is 0 Å². The van der Waals surface area contributed by atoms with Gasteiger partial charge in [0.1, 0.15) is 29.4 Å². The molecule has 0 radical (unpaired) electrons. The van der Waals surface area contributed by atoms with E-state index in [1.54, 1.807) is 89.7 Å². The SMILES string of the molecule is Cn1cc(-c2ccc(CN3C(=O)C4(CCN(C5CCCCC5F)CC4)c4ccccc43)c(F)c2)cn1.Cn1cc(-c2ccc(CN3C(=O)C4(CCN(C5CCCOC5)C4)c4ccccc43)c(F)c2)cn1.Cn1cc(-c2ccc(CN3C(=O)C4(CCN(C5CCNC5)CC4)c4ccccc43)c(F)c2)cn1.Cn1cc(-c2ccc(CN3C(=O)C4(CCN(C5CCSC5)CC4)c4ccccc43)c(F)c2)cn1. The first-order valence-corrected chi connectivity index (χ1v) is 50.5. The molecule has 138 heavy (non-hydrogen) atoms. The minimum absolute atomic E-state index is 0.0219. The van der Waals surface area contributed by atoms with E-state index in [1.165, 1.54) is 36.5 Å². The van der Waals surface area contributed by atoms with Gasteiger partial charge in [-0.2, -0.15) is 32.2 Å². The van der Waals surface area contributed by atoms with E-state index >= 15 is 17.6 Å². The van der Waals surface area contributed by atoms with E-state index in [-0.39, 0.29) is 79.1 Å². The summed E-state index contributed by atoms with van der Waals surface area (Å²) in [5.74, 6) is 1.60. The van der Waals surface area contributed by atoms with Gasteiger partial charge in [-0.05, 0) is 235 Å². The van der Waals surface area contributed by atoms with Crippen LogP contribution in [-0.2, 0) is 99.9 Å². The Bertz CT molecular complexity index is 6320. The van der Waals surface area contributed by atoms with Crippen molar-refractivity contribution in [3.8, 4) is 44.5 Å². The summed E-state index contributed by atoms with van der Waals surface area (Å²) in [6.07, 6.45) is 27.2. The number of aryl methyl sites for hydroxylation is 4. The van der Waals surface area contributed by atoms with Gasteiger partial charge in [0.25, 0.3) is 0 Å². The lowest BCUT2D eigenvalue weighted by molar-refractivity contribution is -0.126. The Morgan fingerprint density at radius 3 is 1.06 bits per heavy atom. The topological polar surface area (TPSA) is 187 Å². The third-order valence-electron chi connectivity index (χ3n) is 32.1. The minimum atomic E-state index is -0.770. The van der Waals surface area contributed by atoms with Gasteiger partial charge in [-0.25, -0.2) is 22.0 Å². The average molecular weight is 1890 g/mol. The molecule has 28 heteroatoms. The highest BCUT2D eigenvalue weighted by Gasteiger charge is 2.58. The van der Waals surface area contributed by atoms with Crippen LogP contribution in [-0.4, -0.2) is 203 Å². The second-order valence-electron chi connectivity index (χ2n) is 40.0. The lowest BCUT2D eigenvalue weighted by Gasteiger charge is -2.44. The highest BCUT2D eigenvalue weighted by Crippen LogP contribution is 2.55. The lowest BCUT2D eigenvalue weighted by atomic mass is 9.73. The van der Waals surface area contributed by atoms with Crippen molar-refractivity contribution in [3.05, 3.63) is 287 Å². The van der Waals surface area contributed by atoms with Crippen molar-refractivity contribution < 1.29 is 45.9 Å². The third-order valence-corrected chi connectivity index (χ3v) is 33.3. The smallest absolute Gasteiger partial charge is 0.239 e. The maximum atomic E-state index is 15.2. The van der Waals surface area contributed by atoms with E-state index in [1.807, 2.05) is 178 Å². The predicted octanol–water partition coefficient (Wildman–Crippen LogP) is 17.4. The van der Waals surface area contributed by atoms with Crippen molar-refractivity contribution >= 4 is 58.1 Å². The van der Waals surface area contributed by atoms with Gasteiger partial charge in [-0.15, -0.1) is 0 Å². The number of carbonyl (C=O) groups excluding carboxylic acids is 4. The van der Waals surface area contributed by atoms with Crippen LogP contribution in [0.1, 0.15) is 141 Å². The Balaban J connectivity index is 0.000000110. The number of likely N-dealkylation sites (tertiary alicyclic amines) is 4. The van der Waals surface area contributed by atoms with Crippen LogP contribution >= 0.6 is 11.8 Å². The molecule has 716 valence electrons. The van der Waals surface area contributed by atoms with Crippen LogP contribution in [0.2, 0.25) is 0 Å². The number of nitrogens with zero attached hydrogens (tertiary/aromatic N) is 16. The Hall–Kier alpha value is -11.8. The van der Waals surface area contributed by atoms with Crippen LogP contribution in [0.15, 0.2) is 219 Å². The fourth-order valence-electron chi connectivity index (χ4n) is 24.4. The van der Waals surface area contributed by atoms with Gasteiger partial charge in [-0.1, -0.05) is 134 Å². The number of hydrogen-bond acceptors (Lipinski definition) is 15. The van der Waals surface area contributed by atoms with Crippen molar-refractivity contribution in [2.24, 2.45) is 28.2 Å². The van der Waals surface area contributed by atoms with Gasteiger partial charge in [-0.3, -0.25) is 57.5 Å². The van der Waals surface area contributed by atoms with Crippen molar-refractivity contribution in [3.63, 3.8) is 0 Å². The van der Waals surface area contributed by atoms with Gasteiger partial charge < -0.3 is 29.7 Å². The van der Waals surface area contributed by atoms with E-state index in [2.05, 4.69) is 63.5 Å².